The molecule has 170 valence electrons. The zero-order valence-electron chi connectivity index (χ0n) is 19.8. The van der Waals surface area contributed by atoms with Gasteiger partial charge in [-0.15, -0.1) is 10.2 Å². The second-order valence-electron chi connectivity index (χ2n) is 9.59. The lowest BCUT2D eigenvalue weighted by molar-refractivity contribution is 0.0798. The van der Waals surface area contributed by atoms with Gasteiger partial charge in [0.25, 0.3) is 0 Å². The van der Waals surface area contributed by atoms with Crippen molar-refractivity contribution in [2.24, 2.45) is 23.7 Å². The summed E-state index contributed by atoms with van der Waals surface area (Å²) in [5, 5.41) is 8.52. The van der Waals surface area contributed by atoms with E-state index in [9.17, 15) is 0 Å². The Morgan fingerprint density at radius 3 is 2.50 bits per heavy atom. The first-order chi connectivity index (χ1) is 14.5. The summed E-state index contributed by atoms with van der Waals surface area (Å²) in [6.07, 6.45) is 6.60. The average molecular weight is 419 g/mol. The molecule has 0 aromatic carbocycles. The Labute approximate surface area is 183 Å². The molecular formula is C24H42N4O2. The monoisotopic (exact) mass is 418 g/mol. The Hall–Kier alpha value is -1.24. The number of ether oxygens (including phenoxy) is 1. The van der Waals surface area contributed by atoms with Crippen LogP contribution in [-0.4, -0.2) is 73.0 Å². The third-order valence-electron chi connectivity index (χ3n) is 7.02. The largest absolute Gasteiger partial charge is 0.425 e. The van der Waals surface area contributed by atoms with Crippen molar-refractivity contribution in [1.29, 1.82) is 0 Å². The van der Waals surface area contributed by atoms with Gasteiger partial charge in [0.15, 0.2) is 0 Å². The van der Waals surface area contributed by atoms with Crippen LogP contribution in [0.4, 0.5) is 0 Å². The number of methoxy groups -OCH3 is 1. The van der Waals surface area contributed by atoms with Gasteiger partial charge in [0.1, 0.15) is 0 Å². The fraction of sp³-hybridized carbons (Fsp3) is 0.833. The van der Waals surface area contributed by atoms with Crippen molar-refractivity contribution < 1.29 is 9.15 Å². The van der Waals surface area contributed by atoms with Gasteiger partial charge in [-0.1, -0.05) is 32.4 Å². The first-order valence-electron chi connectivity index (χ1n) is 11.9. The van der Waals surface area contributed by atoms with Crippen molar-refractivity contribution in [3.8, 4) is 0 Å². The lowest BCUT2D eigenvalue weighted by atomic mass is 9.69. The van der Waals surface area contributed by atoms with Crippen molar-refractivity contribution >= 4 is 0 Å². The van der Waals surface area contributed by atoms with E-state index < -0.39 is 0 Å². The molecule has 3 atom stereocenters. The highest BCUT2D eigenvalue weighted by atomic mass is 16.5. The first kappa shape index (κ1) is 23.4. The van der Waals surface area contributed by atoms with E-state index in [1.165, 1.54) is 31.6 Å². The van der Waals surface area contributed by atoms with Crippen LogP contribution in [0.5, 0.6) is 0 Å². The van der Waals surface area contributed by atoms with Gasteiger partial charge >= 0.3 is 0 Å². The Kier molecular flexibility index (Phi) is 8.90. The van der Waals surface area contributed by atoms with Crippen molar-refractivity contribution in [1.82, 2.24) is 20.0 Å². The van der Waals surface area contributed by atoms with E-state index in [1.807, 2.05) is 0 Å². The third kappa shape index (κ3) is 6.38. The van der Waals surface area contributed by atoms with E-state index in [2.05, 4.69) is 53.8 Å². The number of hydrogen-bond donors (Lipinski definition) is 0. The molecule has 0 unspecified atom stereocenters. The van der Waals surface area contributed by atoms with Crippen LogP contribution in [0.1, 0.15) is 52.3 Å². The van der Waals surface area contributed by atoms with Gasteiger partial charge in [0.2, 0.25) is 11.8 Å². The molecule has 0 amide bonds. The minimum absolute atomic E-state index is 0.523. The lowest BCUT2D eigenvalue weighted by Crippen LogP contribution is -2.49. The van der Waals surface area contributed by atoms with Gasteiger partial charge in [-0.05, 0) is 43.4 Å². The molecule has 0 bridgehead atoms. The van der Waals surface area contributed by atoms with Crippen molar-refractivity contribution in [2.45, 2.75) is 53.4 Å². The predicted molar refractivity (Wildman–Crippen MR) is 120 cm³/mol. The minimum Gasteiger partial charge on any atom is -0.425 e. The average Bonchev–Trinajstić information content (AvgIpc) is 3.16. The fourth-order valence-corrected chi connectivity index (χ4v) is 5.10. The highest BCUT2D eigenvalue weighted by Crippen LogP contribution is 2.39. The molecule has 1 aliphatic heterocycles. The van der Waals surface area contributed by atoms with Crippen LogP contribution in [0.3, 0.4) is 0 Å². The molecule has 2 heterocycles. The zero-order chi connectivity index (χ0) is 21.5. The Morgan fingerprint density at radius 1 is 1.13 bits per heavy atom. The highest BCUT2D eigenvalue weighted by Gasteiger charge is 2.34. The van der Waals surface area contributed by atoms with Crippen LogP contribution >= 0.6 is 0 Å². The van der Waals surface area contributed by atoms with Crippen LogP contribution in [0.2, 0.25) is 0 Å². The predicted octanol–water partition coefficient (Wildman–Crippen LogP) is 3.68. The van der Waals surface area contributed by atoms with Crippen molar-refractivity contribution in [3.63, 3.8) is 0 Å². The molecule has 1 saturated heterocycles. The second kappa shape index (κ2) is 11.4. The second-order valence-corrected chi connectivity index (χ2v) is 9.59. The van der Waals surface area contributed by atoms with Crippen LogP contribution in [-0.2, 0) is 17.6 Å². The standard InChI is InChI=1S/C24H42N4O2/c1-6-7-23-25-26-24(30-23)16-20-15-22(18(2)3)21(14-19(20)4)17-28-10-8-27(9-11-28)12-13-29-5/h14,18,20-22H,6-13,15-17H2,1-5H3/t20-,21+,22+/m1/s1. The summed E-state index contributed by atoms with van der Waals surface area (Å²) < 4.78 is 11.1. The number of allylic oxidation sites excluding steroid dienone is 1. The summed E-state index contributed by atoms with van der Waals surface area (Å²) in [4.78, 5) is 5.19. The Bertz CT molecular complexity index is 664. The molecule has 0 radical (unpaired) electrons. The maximum atomic E-state index is 5.89. The number of piperazine rings is 1. The van der Waals surface area contributed by atoms with E-state index in [-0.39, 0.29) is 0 Å². The number of rotatable bonds is 10. The summed E-state index contributed by atoms with van der Waals surface area (Å²) in [6.45, 7) is 17.0. The van der Waals surface area contributed by atoms with E-state index in [0.717, 1.165) is 57.3 Å². The van der Waals surface area contributed by atoms with Crippen LogP contribution in [0.15, 0.2) is 16.1 Å². The topological polar surface area (TPSA) is 54.6 Å². The van der Waals surface area contributed by atoms with Crippen molar-refractivity contribution in [3.05, 3.63) is 23.4 Å². The van der Waals surface area contributed by atoms with Gasteiger partial charge in [-0.25, -0.2) is 0 Å². The normalized spacial score (nSPS) is 26.3. The first-order valence-corrected chi connectivity index (χ1v) is 11.9. The van der Waals surface area contributed by atoms with Crippen LogP contribution in [0, 0.1) is 23.7 Å². The van der Waals surface area contributed by atoms with Crippen LogP contribution < -0.4 is 0 Å². The van der Waals surface area contributed by atoms with Gasteiger partial charge in [0, 0.05) is 59.2 Å². The summed E-state index contributed by atoms with van der Waals surface area (Å²) in [7, 11) is 1.79. The molecule has 1 fully saturated rings. The Morgan fingerprint density at radius 2 is 1.83 bits per heavy atom. The molecule has 0 N–H and O–H groups in total. The summed E-state index contributed by atoms with van der Waals surface area (Å²) in [5.74, 6) is 4.16. The minimum atomic E-state index is 0.523. The molecule has 30 heavy (non-hydrogen) atoms. The highest BCUT2D eigenvalue weighted by molar-refractivity contribution is 5.14. The molecule has 0 spiro atoms. The fourth-order valence-electron chi connectivity index (χ4n) is 5.10. The lowest BCUT2D eigenvalue weighted by Gasteiger charge is -2.41. The zero-order valence-corrected chi connectivity index (χ0v) is 19.8. The molecule has 6 heteroatoms. The van der Waals surface area contributed by atoms with E-state index >= 15 is 0 Å². The molecule has 1 aromatic heterocycles. The van der Waals surface area contributed by atoms with Gasteiger partial charge in [-0.2, -0.15) is 0 Å². The number of aryl methyl sites for hydroxylation is 1. The third-order valence-corrected chi connectivity index (χ3v) is 7.02. The van der Waals surface area contributed by atoms with E-state index in [0.29, 0.717) is 23.7 Å². The molecule has 0 saturated carbocycles. The number of hydrogen-bond acceptors (Lipinski definition) is 6. The van der Waals surface area contributed by atoms with Crippen LogP contribution in [0.25, 0.3) is 0 Å². The summed E-state index contributed by atoms with van der Waals surface area (Å²) in [5.41, 5.74) is 1.51. The summed E-state index contributed by atoms with van der Waals surface area (Å²) in [6, 6.07) is 0. The SMILES string of the molecule is CCCc1nnc(C[C@H]2C[C@@H](C(C)C)[C@H](CN3CCN(CCOC)CC3)C=C2C)o1. The van der Waals surface area contributed by atoms with E-state index in [4.69, 9.17) is 9.15 Å². The summed E-state index contributed by atoms with van der Waals surface area (Å²) >= 11 is 0. The molecule has 1 aliphatic carbocycles. The molecule has 6 nitrogen and oxygen atoms in total. The van der Waals surface area contributed by atoms with Gasteiger partial charge in [-0.3, -0.25) is 4.90 Å². The Balaban J connectivity index is 1.58. The van der Waals surface area contributed by atoms with Gasteiger partial charge < -0.3 is 14.1 Å². The molecule has 2 aliphatic rings. The molecule has 1 aromatic rings. The maximum Gasteiger partial charge on any atom is 0.217 e. The quantitative estimate of drug-likeness (QED) is 0.540. The maximum absolute atomic E-state index is 5.89. The van der Waals surface area contributed by atoms with E-state index in [1.54, 1.807) is 7.11 Å². The van der Waals surface area contributed by atoms with Crippen molar-refractivity contribution in [2.75, 3.05) is 53.0 Å². The number of nitrogens with zero attached hydrogens (tertiary/aromatic N) is 4. The van der Waals surface area contributed by atoms with Gasteiger partial charge in [0.05, 0.1) is 6.61 Å². The molecule has 3 rings (SSSR count). The molecular weight excluding hydrogens is 376 g/mol. The number of aromatic nitrogens is 2. The smallest absolute Gasteiger partial charge is 0.217 e.